The molecule has 2 aromatic heterocycles. The number of hydrogen-bond acceptors (Lipinski definition) is 10. The number of carbonyl (C=O) groups excluding carboxylic acids is 1. The van der Waals surface area contributed by atoms with Gasteiger partial charge in [-0.25, -0.2) is 4.79 Å². The van der Waals surface area contributed by atoms with Crippen LogP contribution in [-0.4, -0.2) is 81.6 Å². The third-order valence-electron chi connectivity index (χ3n) is 5.56. The number of ether oxygens (including phenoxy) is 3. The van der Waals surface area contributed by atoms with E-state index in [4.69, 9.17) is 19.9 Å². The SMILES string of the molecule is CCCCOc1nc(N)c2nc(O)n(Cc3cccc(C(=O)OCCN4CCOCC4)c3)c2n1. The lowest BCUT2D eigenvalue weighted by molar-refractivity contribution is 0.0195. The molecule has 0 aliphatic carbocycles. The first-order chi connectivity index (χ1) is 16.5. The third-order valence-corrected chi connectivity index (χ3v) is 5.56. The van der Waals surface area contributed by atoms with Gasteiger partial charge < -0.3 is 25.1 Å². The number of nitrogens with two attached hydrogens (primary N) is 1. The molecule has 1 fully saturated rings. The normalized spacial score (nSPS) is 14.4. The zero-order chi connectivity index (χ0) is 23.9. The molecule has 0 saturated carbocycles. The van der Waals surface area contributed by atoms with E-state index in [1.165, 1.54) is 4.57 Å². The van der Waals surface area contributed by atoms with Gasteiger partial charge in [0.05, 0.1) is 31.9 Å². The summed E-state index contributed by atoms with van der Waals surface area (Å²) >= 11 is 0. The van der Waals surface area contributed by atoms with Crippen LogP contribution in [0.15, 0.2) is 24.3 Å². The number of aromatic hydroxyl groups is 1. The summed E-state index contributed by atoms with van der Waals surface area (Å²) in [5.74, 6) is -0.267. The Morgan fingerprint density at radius 1 is 1.21 bits per heavy atom. The van der Waals surface area contributed by atoms with Crippen molar-refractivity contribution < 1.29 is 24.1 Å². The lowest BCUT2D eigenvalue weighted by atomic mass is 10.1. The Morgan fingerprint density at radius 2 is 2.03 bits per heavy atom. The zero-order valence-corrected chi connectivity index (χ0v) is 19.3. The summed E-state index contributed by atoms with van der Waals surface area (Å²) in [5, 5.41) is 10.4. The molecule has 0 amide bonds. The van der Waals surface area contributed by atoms with E-state index >= 15 is 0 Å². The van der Waals surface area contributed by atoms with E-state index in [0.29, 0.717) is 49.7 Å². The molecule has 1 aromatic carbocycles. The Kier molecular flexibility index (Phi) is 7.76. The minimum atomic E-state index is -0.395. The predicted molar refractivity (Wildman–Crippen MR) is 125 cm³/mol. The van der Waals surface area contributed by atoms with Crippen LogP contribution in [-0.2, 0) is 16.0 Å². The largest absolute Gasteiger partial charge is 0.480 e. The molecule has 3 heterocycles. The summed E-state index contributed by atoms with van der Waals surface area (Å²) < 4.78 is 17.9. The second-order valence-electron chi connectivity index (χ2n) is 8.05. The molecule has 3 aromatic rings. The van der Waals surface area contributed by atoms with Gasteiger partial charge in [0.25, 0.3) is 6.01 Å². The van der Waals surface area contributed by atoms with Crippen molar-refractivity contribution in [1.82, 2.24) is 24.4 Å². The number of carbonyl (C=O) groups is 1. The van der Waals surface area contributed by atoms with Crippen LogP contribution in [0.1, 0.15) is 35.7 Å². The molecule has 4 rings (SSSR count). The number of fused-ring (bicyclic) bond motifs is 1. The number of nitrogen functional groups attached to an aromatic ring is 1. The number of hydrogen-bond donors (Lipinski definition) is 2. The minimum absolute atomic E-state index is 0.128. The highest BCUT2D eigenvalue weighted by Crippen LogP contribution is 2.26. The average Bonchev–Trinajstić information content (AvgIpc) is 3.16. The van der Waals surface area contributed by atoms with E-state index in [1.54, 1.807) is 18.2 Å². The molecule has 0 radical (unpaired) electrons. The topological polar surface area (TPSA) is 138 Å². The third kappa shape index (κ3) is 5.72. The minimum Gasteiger partial charge on any atom is -0.480 e. The number of nitrogens with zero attached hydrogens (tertiary/aromatic N) is 5. The lowest BCUT2D eigenvalue weighted by Gasteiger charge is -2.26. The molecule has 11 heteroatoms. The number of rotatable bonds is 10. The van der Waals surface area contributed by atoms with Gasteiger partial charge in [0.1, 0.15) is 6.61 Å². The van der Waals surface area contributed by atoms with Crippen LogP contribution in [0.5, 0.6) is 12.0 Å². The van der Waals surface area contributed by atoms with Crippen LogP contribution in [0.4, 0.5) is 5.82 Å². The van der Waals surface area contributed by atoms with Gasteiger partial charge in [0.2, 0.25) is 0 Å². The van der Waals surface area contributed by atoms with Crippen molar-refractivity contribution in [3.05, 3.63) is 35.4 Å². The fraction of sp³-hybridized carbons (Fsp3) is 0.478. The Morgan fingerprint density at radius 3 is 2.82 bits per heavy atom. The highest BCUT2D eigenvalue weighted by molar-refractivity contribution is 5.89. The van der Waals surface area contributed by atoms with E-state index in [1.807, 2.05) is 6.07 Å². The van der Waals surface area contributed by atoms with E-state index in [-0.39, 0.29) is 24.4 Å². The van der Waals surface area contributed by atoms with E-state index in [0.717, 1.165) is 31.5 Å². The second-order valence-corrected chi connectivity index (χ2v) is 8.05. The maximum Gasteiger partial charge on any atom is 0.338 e. The summed E-state index contributed by atoms with van der Waals surface area (Å²) in [5.41, 5.74) is 7.86. The van der Waals surface area contributed by atoms with E-state index in [9.17, 15) is 9.90 Å². The molecule has 0 spiro atoms. The number of imidazole rings is 1. The van der Waals surface area contributed by atoms with Gasteiger partial charge in [-0.1, -0.05) is 25.5 Å². The summed E-state index contributed by atoms with van der Waals surface area (Å²) in [4.78, 5) is 27.4. The van der Waals surface area contributed by atoms with Crippen molar-refractivity contribution in [3.8, 4) is 12.0 Å². The Bertz CT molecular complexity index is 1130. The van der Waals surface area contributed by atoms with Crippen molar-refractivity contribution in [2.24, 2.45) is 0 Å². The lowest BCUT2D eigenvalue weighted by Crippen LogP contribution is -2.38. The first-order valence-corrected chi connectivity index (χ1v) is 11.5. The van der Waals surface area contributed by atoms with Gasteiger partial charge >= 0.3 is 12.0 Å². The zero-order valence-electron chi connectivity index (χ0n) is 19.3. The molecule has 0 unspecified atom stereocenters. The molecule has 1 aliphatic heterocycles. The molecule has 0 bridgehead atoms. The molecule has 0 atom stereocenters. The van der Waals surface area contributed by atoms with Crippen LogP contribution in [0.2, 0.25) is 0 Å². The highest BCUT2D eigenvalue weighted by atomic mass is 16.5. The van der Waals surface area contributed by atoms with E-state index in [2.05, 4.69) is 26.8 Å². The van der Waals surface area contributed by atoms with Gasteiger partial charge in [-0.3, -0.25) is 9.47 Å². The molecular formula is C23H30N6O5. The number of aromatic nitrogens is 4. The van der Waals surface area contributed by atoms with Gasteiger partial charge in [-0.05, 0) is 24.1 Å². The molecular weight excluding hydrogens is 440 g/mol. The van der Waals surface area contributed by atoms with Gasteiger partial charge in [0.15, 0.2) is 17.0 Å². The summed E-state index contributed by atoms with van der Waals surface area (Å²) in [6.07, 6.45) is 1.84. The van der Waals surface area contributed by atoms with Gasteiger partial charge in [0, 0.05) is 19.6 Å². The van der Waals surface area contributed by atoms with Crippen LogP contribution >= 0.6 is 0 Å². The quantitative estimate of drug-likeness (QED) is 0.333. The Labute approximate surface area is 197 Å². The Balaban J connectivity index is 1.45. The number of unbranched alkanes of at least 4 members (excludes halogenated alkanes) is 1. The van der Waals surface area contributed by atoms with E-state index < -0.39 is 5.97 Å². The van der Waals surface area contributed by atoms with Crippen LogP contribution < -0.4 is 10.5 Å². The summed E-state index contributed by atoms with van der Waals surface area (Å²) in [6.45, 7) is 6.83. The highest BCUT2D eigenvalue weighted by Gasteiger charge is 2.18. The molecule has 1 aliphatic rings. The first-order valence-electron chi connectivity index (χ1n) is 11.5. The van der Waals surface area contributed by atoms with Crippen molar-refractivity contribution in [2.45, 2.75) is 26.3 Å². The molecule has 182 valence electrons. The van der Waals surface area contributed by atoms with Crippen LogP contribution in [0, 0.1) is 0 Å². The summed E-state index contributed by atoms with van der Waals surface area (Å²) in [7, 11) is 0. The predicted octanol–water partition coefficient (Wildman–Crippen LogP) is 1.83. The van der Waals surface area contributed by atoms with Crippen LogP contribution in [0.25, 0.3) is 11.2 Å². The van der Waals surface area contributed by atoms with Crippen molar-refractivity contribution in [2.75, 3.05) is 51.8 Å². The van der Waals surface area contributed by atoms with Gasteiger partial charge in [-0.15, -0.1) is 0 Å². The monoisotopic (exact) mass is 470 g/mol. The molecule has 1 saturated heterocycles. The standard InChI is InChI=1S/C23H30N6O5/c1-2-3-10-34-22-26-19(24)18-20(27-22)29(23(31)25-18)15-16-5-4-6-17(14-16)21(30)33-13-9-28-7-11-32-12-8-28/h4-6,14H,2-3,7-13,15H2,1H3,(H,25,31)(H2,24,26,27). The fourth-order valence-electron chi connectivity index (χ4n) is 3.66. The van der Waals surface area contributed by atoms with Gasteiger partial charge in [-0.2, -0.15) is 15.0 Å². The van der Waals surface area contributed by atoms with Crippen molar-refractivity contribution in [3.63, 3.8) is 0 Å². The maximum atomic E-state index is 12.5. The number of esters is 1. The molecule has 3 N–H and O–H groups in total. The Hall–Kier alpha value is -3.44. The average molecular weight is 471 g/mol. The number of anilines is 1. The van der Waals surface area contributed by atoms with Crippen molar-refractivity contribution in [1.29, 1.82) is 0 Å². The first kappa shape index (κ1) is 23.7. The number of benzene rings is 1. The fourth-order valence-corrected chi connectivity index (χ4v) is 3.66. The molecule has 34 heavy (non-hydrogen) atoms. The van der Waals surface area contributed by atoms with Crippen LogP contribution in [0.3, 0.4) is 0 Å². The number of morpholine rings is 1. The second kappa shape index (κ2) is 11.1. The molecule has 11 nitrogen and oxygen atoms in total. The summed E-state index contributed by atoms with van der Waals surface area (Å²) in [6, 6.07) is 6.93. The van der Waals surface area contributed by atoms with Crippen molar-refractivity contribution >= 4 is 23.0 Å². The maximum absolute atomic E-state index is 12.5. The smallest absolute Gasteiger partial charge is 0.338 e.